The Morgan fingerprint density at radius 3 is 2.67 bits per heavy atom. The Morgan fingerprint density at radius 1 is 1.33 bits per heavy atom. The van der Waals surface area contributed by atoms with Gasteiger partial charge in [-0.15, -0.1) is 0 Å². The minimum Gasteiger partial charge on any atom is -0.372 e. The lowest BCUT2D eigenvalue weighted by molar-refractivity contribution is -0.174. The molecule has 0 radical (unpaired) electrons. The van der Waals surface area contributed by atoms with Crippen molar-refractivity contribution in [1.82, 2.24) is 0 Å². The molecule has 0 aromatic rings. The molecule has 1 aliphatic rings. The van der Waals surface area contributed by atoms with Gasteiger partial charge in [-0.05, 0) is 37.5 Å². The topological polar surface area (TPSA) is 35.2 Å². The standard InChI is InChI=1S/C13H24F3NO/c1-10-4-2-5-11(8-10)12(17)6-3-7-18-9-13(14,15)16/h10-12H,2-9,17H2,1H3. The van der Waals surface area contributed by atoms with Crippen molar-refractivity contribution in [2.75, 3.05) is 13.2 Å². The molecule has 3 unspecified atom stereocenters. The smallest absolute Gasteiger partial charge is 0.372 e. The van der Waals surface area contributed by atoms with Crippen molar-refractivity contribution >= 4 is 0 Å². The summed E-state index contributed by atoms with van der Waals surface area (Å²) in [4.78, 5) is 0. The maximum Gasteiger partial charge on any atom is 0.411 e. The lowest BCUT2D eigenvalue weighted by Crippen LogP contribution is -2.33. The van der Waals surface area contributed by atoms with Crippen LogP contribution in [0.1, 0.15) is 45.4 Å². The maximum absolute atomic E-state index is 11.8. The highest BCUT2D eigenvalue weighted by Gasteiger charge is 2.27. The SMILES string of the molecule is CC1CCCC(C(N)CCCOCC(F)(F)F)C1. The van der Waals surface area contributed by atoms with Crippen molar-refractivity contribution in [2.24, 2.45) is 17.6 Å². The first-order valence-electron chi connectivity index (χ1n) is 6.78. The molecule has 0 aromatic carbocycles. The first-order valence-corrected chi connectivity index (χ1v) is 6.78. The lowest BCUT2D eigenvalue weighted by Gasteiger charge is -2.31. The molecule has 5 heteroatoms. The van der Waals surface area contributed by atoms with Crippen LogP contribution < -0.4 is 5.73 Å². The first-order chi connectivity index (χ1) is 8.38. The highest BCUT2D eigenvalue weighted by molar-refractivity contribution is 4.79. The Balaban J connectivity index is 2.07. The minimum absolute atomic E-state index is 0.113. The molecular weight excluding hydrogens is 243 g/mol. The summed E-state index contributed by atoms with van der Waals surface area (Å²) in [5.74, 6) is 1.27. The number of hydrogen-bond acceptors (Lipinski definition) is 2. The molecule has 0 amide bonds. The van der Waals surface area contributed by atoms with E-state index in [0.717, 1.165) is 25.2 Å². The van der Waals surface area contributed by atoms with Crippen LogP contribution in [0.5, 0.6) is 0 Å². The van der Waals surface area contributed by atoms with E-state index in [1.54, 1.807) is 0 Å². The van der Waals surface area contributed by atoms with Crippen LogP contribution in [0.2, 0.25) is 0 Å². The van der Waals surface area contributed by atoms with Crippen molar-refractivity contribution in [3.8, 4) is 0 Å². The second-order valence-corrected chi connectivity index (χ2v) is 5.51. The molecule has 0 heterocycles. The molecule has 1 aliphatic carbocycles. The van der Waals surface area contributed by atoms with Crippen molar-refractivity contribution in [3.63, 3.8) is 0 Å². The Morgan fingerprint density at radius 2 is 2.06 bits per heavy atom. The van der Waals surface area contributed by atoms with Crippen molar-refractivity contribution in [2.45, 2.75) is 57.7 Å². The van der Waals surface area contributed by atoms with E-state index in [-0.39, 0.29) is 12.6 Å². The number of alkyl halides is 3. The minimum atomic E-state index is -4.22. The van der Waals surface area contributed by atoms with Crippen LogP contribution in [-0.2, 0) is 4.74 Å². The van der Waals surface area contributed by atoms with Gasteiger partial charge in [-0.25, -0.2) is 0 Å². The lowest BCUT2D eigenvalue weighted by atomic mass is 9.78. The zero-order valence-corrected chi connectivity index (χ0v) is 11.0. The third kappa shape index (κ3) is 6.59. The molecule has 2 nitrogen and oxygen atoms in total. The fourth-order valence-electron chi connectivity index (χ4n) is 2.71. The van der Waals surface area contributed by atoms with Crippen LogP contribution in [0.25, 0.3) is 0 Å². The Labute approximate surface area is 107 Å². The summed E-state index contributed by atoms with van der Waals surface area (Å²) >= 11 is 0. The molecule has 1 fully saturated rings. The molecule has 3 atom stereocenters. The van der Waals surface area contributed by atoms with Crippen LogP contribution in [0.3, 0.4) is 0 Å². The van der Waals surface area contributed by atoms with Crippen molar-refractivity contribution in [1.29, 1.82) is 0 Å². The first kappa shape index (κ1) is 15.8. The highest BCUT2D eigenvalue weighted by atomic mass is 19.4. The molecule has 18 heavy (non-hydrogen) atoms. The van der Waals surface area contributed by atoms with E-state index >= 15 is 0 Å². The van der Waals surface area contributed by atoms with Gasteiger partial charge in [0, 0.05) is 12.6 Å². The van der Waals surface area contributed by atoms with Gasteiger partial charge in [-0.3, -0.25) is 0 Å². The zero-order chi connectivity index (χ0) is 13.6. The van der Waals surface area contributed by atoms with E-state index in [0.29, 0.717) is 12.3 Å². The average molecular weight is 267 g/mol. The highest BCUT2D eigenvalue weighted by Crippen LogP contribution is 2.31. The molecular formula is C13H24F3NO. The van der Waals surface area contributed by atoms with Gasteiger partial charge in [0.15, 0.2) is 0 Å². The van der Waals surface area contributed by atoms with Crippen LogP contribution in [0, 0.1) is 11.8 Å². The second kappa shape index (κ2) is 7.34. The summed E-state index contributed by atoms with van der Waals surface area (Å²) in [6, 6.07) is 0.113. The van der Waals surface area contributed by atoms with Crippen LogP contribution >= 0.6 is 0 Å². The number of halogens is 3. The van der Waals surface area contributed by atoms with Gasteiger partial charge in [-0.1, -0.05) is 19.8 Å². The largest absolute Gasteiger partial charge is 0.411 e. The molecule has 0 bridgehead atoms. The van der Waals surface area contributed by atoms with Crippen LogP contribution in [-0.4, -0.2) is 25.4 Å². The number of rotatable bonds is 6. The Bertz CT molecular complexity index is 233. The van der Waals surface area contributed by atoms with Crippen molar-refractivity contribution < 1.29 is 17.9 Å². The summed E-state index contributed by atoms with van der Waals surface area (Å²) in [6.45, 7) is 1.24. The molecule has 0 spiro atoms. The summed E-state index contributed by atoms with van der Waals surface area (Å²) in [6.07, 6.45) is 1.97. The van der Waals surface area contributed by atoms with E-state index in [4.69, 9.17) is 5.73 Å². The molecule has 1 rings (SSSR count). The molecule has 2 N–H and O–H groups in total. The number of ether oxygens (including phenoxy) is 1. The third-order valence-corrected chi connectivity index (χ3v) is 3.67. The van der Waals surface area contributed by atoms with E-state index in [1.807, 2.05) is 0 Å². The van der Waals surface area contributed by atoms with E-state index in [9.17, 15) is 13.2 Å². The fraction of sp³-hybridized carbons (Fsp3) is 1.00. The van der Waals surface area contributed by atoms with Gasteiger partial charge >= 0.3 is 6.18 Å². The predicted molar refractivity (Wildman–Crippen MR) is 65.2 cm³/mol. The second-order valence-electron chi connectivity index (χ2n) is 5.51. The number of nitrogens with two attached hydrogens (primary N) is 1. The predicted octanol–water partition coefficient (Wildman–Crippen LogP) is 3.50. The van der Waals surface area contributed by atoms with Crippen LogP contribution in [0.4, 0.5) is 13.2 Å². The van der Waals surface area contributed by atoms with Gasteiger partial charge in [-0.2, -0.15) is 13.2 Å². The Kier molecular flexibility index (Phi) is 6.43. The monoisotopic (exact) mass is 267 g/mol. The quantitative estimate of drug-likeness (QED) is 0.748. The van der Waals surface area contributed by atoms with Gasteiger partial charge in [0.2, 0.25) is 0 Å². The molecule has 0 aliphatic heterocycles. The van der Waals surface area contributed by atoms with Gasteiger partial charge in [0.1, 0.15) is 6.61 Å². The van der Waals surface area contributed by atoms with E-state index in [2.05, 4.69) is 11.7 Å². The van der Waals surface area contributed by atoms with Gasteiger partial charge in [0.25, 0.3) is 0 Å². The molecule has 108 valence electrons. The van der Waals surface area contributed by atoms with Crippen molar-refractivity contribution in [3.05, 3.63) is 0 Å². The summed E-state index contributed by atoms with van der Waals surface area (Å²) in [5, 5.41) is 0. The van der Waals surface area contributed by atoms with Crippen LogP contribution in [0.15, 0.2) is 0 Å². The summed E-state index contributed by atoms with van der Waals surface area (Å²) in [5.41, 5.74) is 6.10. The molecule has 1 saturated carbocycles. The normalized spacial score (nSPS) is 27.2. The zero-order valence-electron chi connectivity index (χ0n) is 11.0. The van der Waals surface area contributed by atoms with E-state index in [1.165, 1.54) is 12.8 Å². The maximum atomic E-state index is 11.8. The fourth-order valence-corrected chi connectivity index (χ4v) is 2.71. The summed E-state index contributed by atoms with van der Waals surface area (Å²) < 4.78 is 40.1. The third-order valence-electron chi connectivity index (χ3n) is 3.67. The van der Waals surface area contributed by atoms with Gasteiger partial charge < -0.3 is 10.5 Å². The molecule has 0 saturated heterocycles. The van der Waals surface area contributed by atoms with Gasteiger partial charge in [0.05, 0.1) is 0 Å². The van der Waals surface area contributed by atoms with E-state index < -0.39 is 12.8 Å². The Hall–Kier alpha value is -0.290. The number of hydrogen-bond donors (Lipinski definition) is 1. The molecule has 0 aromatic heterocycles. The summed E-state index contributed by atoms with van der Waals surface area (Å²) in [7, 11) is 0. The average Bonchev–Trinajstić information content (AvgIpc) is 2.26.